The molecular weight excluding hydrogens is 304 g/mol. The van der Waals surface area contributed by atoms with E-state index in [1.165, 1.54) is 0 Å². The summed E-state index contributed by atoms with van der Waals surface area (Å²) in [5.41, 5.74) is 0.997. The number of thioether (sulfide) groups is 1. The molecule has 0 fully saturated rings. The van der Waals surface area contributed by atoms with Gasteiger partial charge in [0.2, 0.25) is 5.91 Å². The Labute approximate surface area is 134 Å². The Kier molecular flexibility index (Phi) is 6.08. The van der Waals surface area contributed by atoms with Crippen molar-refractivity contribution in [1.29, 1.82) is 0 Å². The lowest BCUT2D eigenvalue weighted by Gasteiger charge is -2.14. The number of rotatable bonds is 6. The van der Waals surface area contributed by atoms with Crippen LogP contribution in [0.15, 0.2) is 53.7 Å². The van der Waals surface area contributed by atoms with Crippen molar-refractivity contribution in [3.8, 4) is 0 Å². The number of amides is 1. The van der Waals surface area contributed by atoms with Gasteiger partial charge in [-0.1, -0.05) is 24.6 Å². The number of carbonyl (C=O) groups excluding carboxylic acids is 1. The van der Waals surface area contributed by atoms with Crippen LogP contribution >= 0.6 is 23.4 Å². The van der Waals surface area contributed by atoms with Crippen LogP contribution in [0.3, 0.4) is 0 Å². The average Bonchev–Trinajstić information content (AvgIpc) is 2.53. The molecule has 5 heteroatoms. The van der Waals surface area contributed by atoms with Crippen LogP contribution in [0, 0.1) is 0 Å². The van der Waals surface area contributed by atoms with Crippen LogP contribution in [-0.4, -0.2) is 16.1 Å². The predicted octanol–water partition coefficient (Wildman–Crippen LogP) is 3.92. The van der Waals surface area contributed by atoms with Crippen LogP contribution in [0.4, 0.5) is 0 Å². The maximum atomic E-state index is 12.2. The van der Waals surface area contributed by atoms with E-state index < -0.39 is 0 Å². The maximum absolute atomic E-state index is 12.2. The molecule has 110 valence electrons. The van der Waals surface area contributed by atoms with E-state index in [1.807, 2.05) is 43.3 Å². The highest BCUT2D eigenvalue weighted by Gasteiger charge is 2.17. The largest absolute Gasteiger partial charge is 0.351 e. The van der Waals surface area contributed by atoms with Crippen molar-refractivity contribution in [3.63, 3.8) is 0 Å². The molecule has 1 atom stereocenters. The van der Waals surface area contributed by atoms with E-state index in [0.717, 1.165) is 16.9 Å². The Hall–Kier alpha value is -1.52. The van der Waals surface area contributed by atoms with Gasteiger partial charge in [0.05, 0.1) is 5.25 Å². The van der Waals surface area contributed by atoms with E-state index in [9.17, 15) is 4.79 Å². The molecular formula is C16H17ClN2OS. The average molecular weight is 321 g/mol. The topological polar surface area (TPSA) is 42.0 Å². The smallest absolute Gasteiger partial charge is 0.233 e. The highest BCUT2D eigenvalue weighted by Crippen LogP contribution is 2.26. The van der Waals surface area contributed by atoms with Gasteiger partial charge in [0, 0.05) is 28.9 Å². The summed E-state index contributed by atoms with van der Waals surface area (Å²) in [7, 11) is 0. The summed E-state index contributed by atoms with van der Waals surface area (Å²) in [6.45, 7) is 2.52. The van der Waals surface area contributed by atoms with Crippen molar-refractivity contribution < 1.29 is 4.79 Å². The molecule has 1 aromatic carbocycles. The van der Waals surface area contributed by atoms with Crippen LogP contribution < -0.4 is 5.32 Å². The molecule has 0 radical (unpaired) electrons. The first-order chi connectivity index (χ1) is 10.2. The second-order valence-corrected chi connectivity index (χ2v) is 6.26. The first-order valence-corrected chi connectivity index (χ1v) is 8.03. The van der Waals surface area contributed by atoms with Crippen molar-refractivity contribution >= 4 is 29.3 Å². The lowest BCUT2D eigenvalue weighted by atomic mass is 10.2. The van der Waals surface area contributed by atoms with E-state index in [1.54, 1.807) is 24.2 Å². The third kappa shape index (κ3) is 5.06. The first-order valence-electron chi connectivity index (χ1n) is 6.78. The molecule has 0 aliphatic heterocycles. The van der Waals surface area contributed by atoms with Crippen molar-refractivity contribution in [2.75, 3.05) is 0 Å². The molecule has 0 saturated carbocycles. The monoisotopic (exact) mass is 320 g/mol. The number of aromatic nitrogens is 1. The van der Waals surface area contributed by atoms with Gasteiger partial charge in [0.15, 0.2) is 0 Å². The molecule has 0 unspecified atom stereocenters. The molecule has 2 aromatic rings. The van der Waals surface area contributed by atoms with Gasteiger partial charge in [-0.05, 0) is 42.3 Å². The Morgan fingerprint density at radius 1 is 1.33 bits per heavy atom. The molecule has 0 aliphatic rings. The van der Waals surface area contributed by atoms with Crippen molar-refractivity contribution in [2.24, 2.45) is 0 Å². The lowest BCUT2D eigenvalue weighted by Crippen LogP contribution is -2.31. The lowest BCUT2D eigenvalue weighted by molar-refractivity contribution is -0.120. The Morgan fingerprint density at radius 3 is 2.71 bits per heavy atom. The van der Waals surface area contributed by atoms with E-state index in [4.69, 9.17) is 11.6 Å². The van der Waals surface area contributed by atoms with Gasteiger partial charge in [-0.2, -0.15) is 0 Å². The Morgan fingerprint density at radius 2 is 2.10 bits per heavy atom. The second kappa shape index (κ2) is 8.05. The predicted molar refractivity (Wildman–Crippen MR) is 87.5 cm³/mol. The number of pyridine rings is 1. The molecule has 1 heterocycles. The summed E-state index contributed by atoms with van der Waals surface area (Å²) in [4.78, 5) is 17.3. The number of nitrogens with one attached hydrogen (secondary N) is 1. The zero-order chi connectivity index (χ0) is 15.1. The molecule has 3 nitrogen and oxygen atoms in total. The molecule has 1 aromatic heterocycles. The van der Waals surface area contributed by atoms with E-state index in [0.29, 0.717) is 11.6 Å². The standard InChI is InChI=1S/C16H17ClN2OS/c1-2-15(21-14-7-5-13(17)6-8-14)16(20)19-11-12-4-3-9-18-10-12/h3-10,15H,2,11H2,1H3,(H,19,20)/t15-/m1/s1. The van der Waals surface area contributed by atoms with Gasteiger partial charge in [-0.15, -0.1) is 11.8 Å². The van der Waals surface area contributed by atoms with Crippen LogP contribution in [-0.2, 0) is 11.3 Å². The minimum atomic E-state index is -0.108. The van der Waals surface area contributed by atoms with Gasteiger partial charge < -0.3 is 5.32 Å². The summed E-state index contributed by atoms with van der Waals surface area (Å²) in [6.07, 6.45) is 4.25. The van der Waals surface area contributed by atoms with E-state index in [2.05, 4.69) is 10.3 Å². The summed E-state index contributed by atoms with van der Waals surface area (Å²) in [5.74, 6) is 0.0429. The number of benzene rings is 1. The summed E-state index contributed by atoms with van der Waals surface area (Å²) in [5, 5.41) is 3.55. The second-order valence-electron chi connectivity index (χ2n) is 4.55. The minimum Gasteiger partial charge on any atom is -0.351 e. The number of nitrogens with zero attached hydrogens (tertiary/aromatic N) is 1. The third-order valence-corrected chi connectivity index (χ3v) is 4.57. The van der Waals surface area contributed by atoms with Gasteiger partial charge >= 0.3 is 0 Å². The van der Waals surface area contributed by atoms with Gasteiger partial charge in [0.1, 0.15) is 0 Å². The molecule has 0 bridgehead atoms. The quantitative estimate of drug-likeness (QED) is 0.820. The van der Waals surface area contributed by atoms with Gasteiger partial charge in [-0.3, -0.25) is 9.78 Å². The van der Waals surface area contributed by atoms with Crippen molar-refractivity contribution in [2.45, 2.75) is 30.0 Å². The molecule has 0 saturated heterocycles. The summed E-state index contributed by atoms with van der Waals surface area (Å²) < 4.78 is 0. The summed E-state index contributed by atoms with van der Waals surface area (Å²) in [6, 6.07) is 11.4. The highest BCUT2D eigenvalue weighted by molar-refractivity contribution is 8.00. The number of hydrogen-bond acceptors (Lipinski definition) is 3. The molecule has 21 heavy (non-hydrogen) atoms. The Balaban J connectivity index is 1.90. The van der Waals surface area contributed by atoms with Crippen LogP contribution in [0.25, 0.3) is 0 Å². The highest BCUT2D eigenvalue weighted by atomic mass is 35.5. The number of carbonyl (C=O) groups is 1. The SMILES string of the molecule is CC[C@@H](Sc1ccc(Cl)cc1)C(=O)NCc1cccnc1. The minimum absolute atomic E-state index is 0.0429. The van der Waals surface area contributed by atoms with Gasteiger partial charge in [0.25, 0.3) is 0 Å². The first kappa shape index (κ1) is 15.9. The fraction of sp³-hybridized carbons (Fsp3) is 0.250. The number of halogens is 1. The van der Waals surface area contributed by atoms with Crippen molar-refractivity contribution in [3.05, 3.63) is 59.4 Å². The Bertz CT molecular complexity index is 575. The molecule has 0 spiro atoms. The number of hydrogen-bond donors (Lipinski definition) is 1. The normalized spacial score (nSPS) is 11.9. The van der Waals surface area contributed by atoms with E-state index >= 15 is 0 Å². The summed E-state index contributed by atoms with van der Waals surface area (Å²) >= 11 is 7.42. The van der Waals surface area contributed by atoms with Gasteiger partial charge in [-0.25, -0.2) is 0 Å². The van der Waals surface area contributed by atoms with E-state index in [-0.39, 0.29) is 11.2 Å². The maximum Gasteiger partial charge on any atom is 0.233 e. The van der Waals surface area contributed by atoms with Crippen LogP contribution in [0.5, 0.6) is 0 Å². The fourth-order valence-corrected chi connectivity index (χ4v) is 2.91. The van der Waals surface area contributed by atoms with Crippen LogP contribution in [0.2, 0.25) is 5.02 Å². The molecule has 2 rings (SSSR count). The molecule has 0 aliphatic carbocycles. The fourth-order valence-electron chi connectivity index (χ4n) is 1.81. The van der Waals surface area contributed by atoms with Crippen molar-refractivity contribution in [1.82, 2.24) is 10.3 Å². The third-order valence-electron chi connectivity index (χ3n) is 2.94. The zero-order valence-corrected chi connectivity index (χ0v) is 13.3. The molecule has 1 amide bonds. The zero-order valence-electron chi connectivity index (χ0n) is 11.8. The molecule has 1 N–H and O–H groups in total. The van der Waals surface area contributed by atoms with Crippen LogP contribution in [0.1, 0.15) is 18.9 Å².